The van der Waals surface area contributed by atoms with Crippen molar-refractivity contribution in [3.63, 3.8) is 0 Å². The highest BCUT2D eigenvalue weighted by Gasteiger charge is 2.34. The topological polar surface area (TPSA) is 106 Å². The van der Waals surface area contributed by atoms with E-state index in [4.69, 9.17) is 4.42 Å². The molecule has 1 atom stereocenters. The summed E-state index contributed by atoms with van der Waals surface area (Å²) in [7, 11) is 0. The maximum absolute atomic E-state index is 13.1. The van der Waals surface area contributed by atoms with E-state index in [-0.39, 0.29) is 17.6 Å². The molecule has 30 heavy (non-hydrogen) atoms. The molecule has 3 heterocycles. The fraction of sp³-hybridized carbons (Fsp3) is 0.381. The summed E-state index contributed by atoms with van der Waals surface area (Å²) in [5.41, 5.74) is 1.50. The first-order valence-corrected chi connectivity index (χ1v) is 10.2. The molecule has 1 N–H and O–H groups in total. The Morgan fingerprint density at radius 2 is 2.00 bits per heavy atom. The van der Waals surface area contributed by atoms with Crippen LogP contribution in [0.3, 0.4) is 0 Å². The molecule has 1 saturated carbocycles. The van der Waals surface area contributed by atoms with Crippen LogP contribution < -0.4 is 5.32 Å². The molecule has 0 radical (unpaired) electrons. The summed E-state index contributed by atoms with van der Waals surface area (Å²) in [4.78, 5) is 27.4. The van der Waals surface area contributed by atoms with E-state index in [1.165, 1.54) is 6.26 Å². The average molecular weight is 406 g/mol. The van der Waals surface area contributed by atoms with Gasteiger partial charge >= 0.3 is 0 Å². The third kappa shape index (κ3) is 3.58. The van der Waals surface area contributed by atoms with Crippen LogP contribution >= 0.6 is 0 Å². The second-order valence-corrected chi connectivity index (χ2v) is 7.74. The molecule has 0 spiro atoms. The fourth-order valence-corrected chi connectivity index (χ4v) is 3.90. The number of tetrazole rings is 1. The molecule has 5 rings (SSSR count). The van der Waals surface area contributed by atoms with Gasteiger partial charge in [0.2, 0.25) is 5.91 Å². The number of anilines is 1. The molecule has 1 unspecified atom stereocenters. The maximum atomic E-state index is 13.1. The van der Waals surface area contributed by atoms with Crippen molar-refractivity contribution in [2.45, 2.75) is 44.2 Å². The molecule has 1 aliphatic carbocycles. The lowest BCUT2D eigenvalue weighted by molar-refractivity contribution is -0.121. The van der Waals surface area contributed by atoms with Crippen molar-refractivity contribution in [1.82, 2.24) is 25.1 Å². The maximum Gasteiger partial charge on any atom is 0.290 e. The number of rotatable bonds is 5. The van der Waals surface area contributed by atoms with Crippen LogP contribution in [0.1, 0.15) is 48.7 Å². The molecule has 1 aliphatic heterocycles. The Balaban J connectivity index is 1.34. The number of nitrogens with zero attached hydrogens (tertiary/aromatic N) is 5. The number of likely N-dealkylation sites (tertiary alicyclic amines) is 1. The lowest BCUT2D eigenvalue weighted by atomic mass is 10.0. The van der Waals surface area contributed by atoms with Gasteiger partial charge in [-0.05, 0) is 66.8 Å². The highest BCUT2D eigenvalue weighted by Crippen LogP contribution is 2.36. The SMILES string of the molecule is O=C(Nc1cccc(-c2nnnn2C2CC2)c1)C1CCCCN1C(=O)c1ccco1. The number of amides is 2. The summed E-state index contributed by atoms with van der Waals surface area (Å²) in [6, 6.07) is 10.6. The van der Waals surface area contributed by atoms with Crippen LogP contribution in [0.25, 0.3) is 11.4 Å². The number of piperidine rings is 1. The Morgan fingerprint density at radius 3 is 2.80 bits per heavy atom. The second kappa shape index (κ2) is 7.74. The van der Waals surface area contributed by atoms with Crippen LogP contribution in [-0.2, 0) is 4.79 Å². The molecule has 3 aromatic rings. The Morgan fingerprint density at radius 1 is 1.10 bits per heavy atom. The van der Waals surface area contributed by atoms with Gasteiger partial charge in [-0.3, -0.25) is 9.59 Å². The Labute approximate surface area is 173 Å². The van der Waals surface area contributed by atoms with Gasteiger partial charge in [0.15, 0.2) is 11.6 Å². The summed E-state index contributed by atoms with van der Waals surface area (Å²) >= 11 is 0. The number of hydrogen-bond acceptors (Lipinski definition) is 6. The lowest BCUT2D eigenvalue weighted by Gasteiger charge is -2.34. The van der Waals surface area contributed by atoms with Crippen LogP contribution in [0.2, 0.25) is 0 Å². The zero-order chi connectivity index (χ0) is 20.5. The van der Waals surface area contributed by atoms with Gasteiger partial charge in [0.25, 0.3) is 5.91 Å². The molecule has 154 valence electrons. The van der Waals surface area contributed by atoms with Crippen molar-refractivity contribution >= 4 is 17.5 Å². The second-order valence-electron chi connectivity index (χ2n) is 7.74. The zero-order valence-corrected chi connectivity index (χ0v) is 16.4. The van der Waals surface area contributed by atoms with Crippen molar-refractivity contribution in [2.75, 3.05) is 11.9 Å². The molecule has 2 aromatic heterocycles. The molecule has 1 saturated heterocycles. The summed E-state index contributed by atoms with van der Waals surface area (Å²) in [6.45, 7) is 0.536. The molecule has 1 aromatic carbocycles. The van der Waals surface area contributed by atoms with E-state index >= 15 is 0 Å². The van der Waals surface area contributed by atoms with Crippen molar-refractivity contribution in [1.29, 1.82) is 0 Å². The van der Waals surface area contributed by atoms with E-state index in [2.05, 4.69) is 20.8 Å². The minimum atomic E-state index is -0.531. The molecular formula is C21H22N6O3. The number of furan rings is 1. The Bertz CT molecular complexity index is 1060. The lowest BCUT2D eigenvalue weighted by Crippen LogP contribution is -2.49. The monoisotopic (exact) mass is 406 g/mol. The van der Waals surface area contributed by atoms with Crippen LogP contribution in [0.15, 0.2) is 47.1 Å². The average Bonchev–Trinajstić information content (AvgIpc) is 3.26. The Hall–Kier alpha value is -3.49. The summed E-state index contributed by atoms with van der Waals surface area (Å²) in [5, 5.41) is 15.0. The van der Waals surface area contributed by atoms with Gasteiger partial charge in [0, 0.05) is 17.8 Å². The molecule has 2 fully saturated rings. The van der Waals surface area contributed by atoms with Crippen LogP contribution in [0.4, 0.5) is 5.69 Å². The largest absolute Gasteiger partial charge is 0.459 e. The summed E-state index contributed by atoms with van der Waals surface area (Å²) in [5.74, 6) is 0.496. The minimum Gasteiger partial charge on any atom is -0.459 e. The van der Waals surface area contributed by atoms with Gasteiger partial charge in [-0.2, -0.15) is 0 Å². The smallest absolute Gasteiger partial charge is 0.290 e. The van der Waals surface area contributed by atoms with Crippen molar-refractivity contribution in [2.24, 2.45) is 0 Å². The number of aromatic nitrogens is 4. The van der Waals surface area contributed by atoms with Gasteiger partial charge < -0.3 is 14.6 Å². The van der Waals surface area contributed by atoms with Gasteiger partial charge in [-0.1, -0.05) is 12.1 Å². The van der Waals surface area contributed by atoms with Gasteiger partial charge in [-0.25, -0.2) is 4.68 Å². The van der Waals surface area contributed by atoms with Crippen LogP contribution in [-0.4, -0.2) is 49.5 Å². The normalized spacial score (nSPS) is 18.9. The van der Waals surface area contributed by atoms with Crippen molar-refractivity contribution in [3.8, 4) is 11.4 Å². The van der Waals surface area contributed by atoms with E-state index in [1.807, 2.05) is 28.9 Å². The summed E-state index contributed by atoms with van der Waals surface area (Å²) < 4.78 is 7.08. The third-order valence-electron chi connectivity index (χ3n) is 5.57. The number of carbonyl (C=O) groups excluding carboxylic acids is 2. The van der Waals surface area contributed by atoms with Crippen LogP contribution in [0, 0.1) is 0 Å². The number of hydrogen-bond donors (Lipinski definition) is 1. The quantitative estimate of drug-likeness (QED) is 0.698. The summed E-state index contributed by atoms with van der Waals surface area (Å²) in [6.07, 6.45) is 6.02. The first-order chi connectivity index (χ1) is 14.7. The van der Waals surface area contributed by atoms with Crippen molar-refractivity contribution < 1.29 is 14.0 Å². The first kappa shape index (κ1) is 18.5. The van der Waals surface area contributed by atoms with Gasteiger partial charge in [0.1, 0.15) is 6.04 Å². The number of carbonyl (C=O) groups is 2. The first-order valence-electron chi connectivity index (χ1n) is 10.2. The number of nitrogens with one attached hydrogen (secondary N) is 1. The molecule has 9 nitrogen and oxygen atoms in total. The Kier molecular flexibility index (Phi) is 4.78. The molecule has 9 heteroatoms. The highest BCUT2D eigenvalue weighted by molar-refractivity contribution is 6.00. The predicted octanol–water partition coefficient (Wildman–Crippen LogP) is 2.90. The third-order valence-corrected chi connectivity index (χ3v) is 5.57. The van der Waals surface area contributed by atoms with E-state index in [1.54, 1.807) is 17.0 Å². The zero-order valence-electron chi connectivity index (χ0n) is 16.4. The van der Waals surface area contributed by atoms with Crippen molar-refractivity contribution in [3.05, 3.63) is 48.4 Å². The van der Waals surface area contributed by atoms with Gasteiger partial charge in [0.05, 0.1) is 12.3 Å². The minimum absolute atomic E-state index is 0.200. The highest BCUT2D eigenvalue weighted by atomic mass is 16.3. The fourth-order valence-electron chi connectivity index (χ4n) is 3.90. The van der Waals surface area contributed by atoms with Crippen LogP contribution in [0.5, 0.6) is 0 Å². The van der Waals surface area contributed by atoms with E-state index in [9.17, 15) is 9.59 Å². The van der Waals surface area contributed by atoms with E-state index in [0.29, 0.717) is 30.5 Å². The molecule has 2 amide bonds. The number of benzene rings is 1. The van der Waals surface area contributed by atoms with E-state index < -0.39 is 6.04 Å². The molecule has 0 bridgehead atoms. The molecule has 2 aliphatic rings. The predicted molar refractivity (Wildman–Crippen MR) is 108 cm³/mol. The standard InChI is InChI=1S/C21H22N6O3/c28-20(17-7-1-2-11-26(17)21(29)18-8-4-12-30-18)22-15-6-3-5-14(13-15)19-23-24-25-27(19)16-9-10-16/h3-6,8,12-13,16-17H,1-2,7,9-11H2,(H,22,28). The van der Waals surface area contributed by atoms with E-state index in [0.717, 1.165) is 31.2 Å². The van der Waals surface area contributed by atoms with Gasteiger partial charge in [-0.15, -0.1) is 5.10 Å². The molecular weight excluding hydrogens is 384 g/mol.